The van der Waals surface area contributed by atoms with Crippen LogP contribution in [0.15, 0.2) is 72.8 Å². The number of nitrogens with one attached hydrogen (secondary N) is 1. The first-order valence-corrected chi connectivity index (χ1v) is 8.33. The second kappa shape index (κ2) is 6.59. The molecule has 5 heteroatoms. The Balaban J connectivity index is 1.79. The van der Waals surface area contributed by atoms with E-state index in [1.54, 1.807) is 24.3 Å². The topological polar surface area (TPSA) is 33.7 Å². The van der Waals surface area contributed by atoms with Crippen LogP contribution in [0.25, 0.3) is 11.0 Å². The lowest BCUT2D eigenvalue weighted by Gasteiger charge is -2.06. The van der Waals surface area contributed by atoms with E-state index in [0.29, 0.717) is 18.7 Å². The summed E-state index contributed by atoms with van der Waals surface area (Å²) in [6, 6.07) is 20.4. The Labute approximate surface area is 149 Å². The molecule has 1 N–H and O–H groups in total. The maximum absolute atomic E-state index is 13.2. The molecule has 0 saturated heterocycles. The summed E-state index contributed by atoms with van der Waals surface area (Å²) in [5.74, 6) is -0.549. The van der Waals surface area contributed by atoms with Crippen LogP contribution < -0.4 is 5.62 Å². The Morgan fingerprint density at radius 3 is 1.38 bits per heavy atom. The molecule has 0 fully saturated rings. The van der Waals surface area contributed by atoms with Gasteiger partial charge in [0.05, 0.1) is 24.1 Å². The molecule has 0 aliphatic rings. The summed E-state index contributed by atoms with van der Waals surface area (Å²) in [6.07, 6.45) is 0. The highest BCUT2D eigenvalue weighted by Gasteiger charge is 2.11. The quantitative estimate of drug-likeness (QED) is 0.570. The van der Waals surface area contributed by atoms with E-state index in [1.165, 1.54) is 24.3 Å². The maximum atomic E-state index is 13.2. The van der Waals surface area contributed by atoms with Crippen LogP contribution in [0.3, 0.4) is 0 Å². The number of rotatable bonds is 4. The minimum absolute atomic E-state index is 0.274. The van der Waals surface area contributed by atoms with Crippen molar-refractivity contribution in [2.24, 2.45) is 0 Å². The Hall–Kier alpha value is -3.21. The molecule has 26 heavy (non-hydrogen) atoms. The summed E-state index contributed by atoms with van der Waals surface area (Å²) in [6.45, 7) is 0.964. The second-order valence-corrected chi connectivity index (χ2v) is 6.24. The highest BCUT2D eigenvalue weighted by atomic mass is 19.1. The number of benzene rings is 3. The zero-order valence-electron chi connectivity index (χ0n) is 14.0. The highest BCUT2D eigenvalue weighted by molar-refractivity contribution is 5.76. The maximum Gasteiger partial charge on any atom is 0.203 e. The lowest BCUT2D eigenvalue weighted by Crippen LogP contribution is -2.25. The Bertz CT molecular complexity index is 1020. The van der Waals surface area contributed by atoms with Crippen molar-refractivity contribution in [3.05, 3.63) is 101 Å². The fourth-order valence-corrected chi connectivity index (χ4v) is 3.16. The number of hydrogen-bond acceptors (Lipinski definition) is 1. The largest absolute Gasteiger partial charge is 0.306 e. The molecule has 130 valence electrons. The predicted octanol–water partition coefficient (Wildman–Crippen LogP) is 4.30. The molecule has 0 bridgehead atoms. The standard InChI is InChI=1S/C21H17F2N3/c22-17-9-5-15(6-10-17)13-25-19-3-1-2-4-20(19)26(21(25)24)14-16-7-11-18(23)12-8-16/h1-12,24H,13-14H2. The molecule has 0 spiro atoms. The third-order valence-corrected chi connectivity index (χ3v) is 4.48. The second-order valence-electron chi connectivity index (χ2n) is 6.24. The molecule has 0 aliphatic carbocycles. The van der Waals surface area contributed by atoms with E-state index < -0.39 is 0 Å². The Kier molecular flexibility index (Phi) is 4.13. The molecule has 1 heterocycles. The van der Waals surface area contributed by atoms with E-state index >= 15 is 0 Å². The van der Waals surface area contributed by atoms with Gasteiger partial charge in [-0.05, 0) is 47.5 Å². The van der Waals surface area contributed by atoms with Gasteiger partial charge in [-0.25, -0.2) is 8.78 Å². The van der Waals surface area contributed by atoms with Crippen LogP contribution >= 0.6 is 0 Å². The zero-order chi connectivity index (χ0) is 18.1. The SMILES string of the molecule is N=c1n(Cc2ccc(F)cc2)c2ccccc2n1Cc1ccc(F)cc1. The van der Waals surface area contributed by atoms with Crippen LogP contribution in [-0.4, -0.2) is 9.13 Å². The molecule has 1 aromatic heterocycles. The van der Waals surface area contributed by atoms with Crippen molar-refractivity contribution < 1.29 is 8.78 Å². The average molecular weight is 349 g/mol. The van der Waals surface area contributed by atoms with Crippen molar-refractivity contribution in [2.45, 2.75) is 13.1 Å². The van der Waals surface area contributed by atoms with Crippen LogP contribution in [0, 0.1) is 17.0 Å². The third kappa shape index (κ3) is 3.04. The summed E-state index contributed by atoms with van der Waals surface area (Å²) in [4.78, 5) is 0. The molecule has 0 atom stereocenters. The molecule has 3 aromatic carbocycles. The van der Waals surface area contributed by atoms with Gasteiger partial charge in [0.25, 0.3) is 0 Å². The lowest BCUT2D eigenvalue weighted by molar-refractivity contribution is 0.623. The third-order valence-electron chi connectivity index (χ3n) is 4.48. The smallest absolute Gasteiger partial charge is 0.203 e. The summed E-state index contributed by atoms with van der Waals surface area (Å²) in [7, 11) is 0. The molecule has 0 unspecified atom stereocenters. The molecule has 0 amide bonds. The molecule has 0 radical (unpaired) electrons. The fourth-order valence-electron chi connectivity index (χ4n) is 3.16. The predicted molar refractivity (Wildman–Crippen MR) is 96.8 cm³/mol. The van der Waals surface area contributed by atoms with Gasteiger partial charge >= 0.3 is 0 Å². The molecule has 4 rings (SSSR count). The van der Waals surface area contributed by atoms with Gasteiger partial charge in [0.15, 0.2) is 0 Å². The number of para-hydroxylation sites is 2. The van der Waals surface area contributed by atoms with Crippen molar-refractivity contribution >= 4 is 11.0 Å². The molecular weight excluding hydrogens is 332 g/mol. The monoisotopic (exact) mass is 349 g/mol. The number of fused-ring (bicyclic) bond motifs is 1. The minimum Gasteiger partial charge on any atom is -0.306 e. The van der Waals surface area contributed by atoms with Gasteiger partial charge in [-0.3, -0.25) is 5.41 Å². The van der Waals surface area contributed by atoms with E-state index in [0.717, 1.165) is 22.2 Å². The molecule has 3 nitrogen and oxygen atoms in total. The van der Waals surface area contributed by atoms with Gasteiger partial charge in [0.1, 0.15) is 11.6 Å². The fraction of sp³-hybridized carbons (Fsp3) is 0.0952. The normalized spacial score (nSPS) is 11.2. The number of halogens is 2. The van der Waals surface area contributed by atoms with Gasteiger partial charge in [0, 0.05) is 0 Å². The number of hydrogen-bond donors (Lipinski definition) is 1. The average Bonchev–Trinajstić information content (AvgIpc) is 2.91. The summed E-state index contributed by atoms with van der Waals surface area (Å²) in [5, 5.41) is 8.64. The van der Waals surface area contributed by atoms with Crippen molar-refractivity contribution in [1.29, 1.82) is 5.41 Å². The number of aromatic nitrogens is 2. The van der Waals surface area contributed by atoms with E-state index in [4.69, 9.17) is 5.41 Å². The summed E-state index contributed by atoms with van der Waals surface area (Å²) in [5.41, 5.74) is 4.07. The minimum atomic E-state index is -0.274. The van der Waals surface area contributed by atoms with Gasteiger partial charge in [-0.2, -0.15) is 0 Å². The first-order valence-electron chi connectivity index (χ1n) is 8.33. The van der Waals surface area contributed by atoms with Crippen LogP contribution in [0.2, 0.25) is 0 Å². The van der Waals surface area contributed by atoms with Gasteiger partial charge in [-0.15, -0.1) is 0 Å². The zero-order valence-corrected chi connectivity index (χ0v) is 14.0. The van der Waals surface area contributed by atoms with Crippen molar-refractivity contribution in [3.8, 4) is 0 Å². The van der Waals surface area contributed by atoms with E-state index in [-0.39, 0.29) is 11.6 Å². The van der Waals surface area contributed by atoms with Crippen molar-refractivity contribution in [2.75, 3.05) is 0 Å². The first-order chi connectivity index (χ1) is 12.6. The molecule has 4 aromatic rings. The Morgan fingerprint density at radius 1 is 0.615 bits per heavy atom. The number of imidazole rings is 1. The van der Waals surface area contributed by atoms with Gasteiger partial charge in [0.2, 0.25) is 5.62 Å². The molecule has 0 saturated carbocycles. The summed E-state index contributed by atoms with van der Waals surface area (Å²) >= 11 is 0. The van der Waals surface area contributed by atoms with Crippen LogP contribution in [0.5, 0.6) is 0 Å². The van der Waals surface area contributed by atoms with E-state index in [9.17, 15) is 8.78 Å². The van der Waals surface area contributed by atoms with Crippen LogP contribution in [-0.2, 0) is 13.1 Å². The highest BCUT2D eigenvalue weighted by Crippen LogP contribution is 2.16. The van der Waals surface area contributed by atoms with Crippen LogP contribution in [0.4, 0.5) is 8.78 Å². The van der Waals surface area contributed by atoms with Crippen molar-refractivity contribution in [3.63, 3.8) is 0 Å². The molecular formula is C21H17F2N3. The number of nitrogens with zero attached hydrogens (tertiary/aromatic N) is 2. The first kappa shape index (κ1) is 16.3. The van der Waals surface area contributed by atoms with Gasteiger partial charge in [-0.1, -0.05) is 36.4 Å². The van der Waals surface area contributed by atoms with Crippen LogP contribution in [0.1, 0.15) is 11.1 Å². The Morgan fingerprint density at radius 2 is 1.00 bits per heavy atom. The molecule has 0 aliphatic heterocycles. The summed E-state index contributed by atoms with van der Waals surface area (Å²) < 4.78 is 30.1. The van der Waals surface area contributed by atoms with E-state index in [1.807, 2.05) is 33.4 Å². The van der Waals surface area contributed by atoms with Gasteiger partial charge < -0.3 is 9.13 Å². The lowest BCUT2D eigenvalue weighted by atomic mass is 10.2. The van der Waals surface area contributed by atoms with E-state index in [2.05, 4.69) is 0 Å². The van der Waals surface area contributed by atoms with Crippen molar-refractivity contribution in [1.82, 2.24) is 9.13 Å².